The molecular formula is C29H43N2O6+. The Morgan fingerprint density at radius 1 is 0.946 bits per heavy atom. The molecule has 204 valence electrons. The van der Waals surface area contributed by atoms with E-state index in [1.165, 1.54) is 0 Å². The molecule has 0 radical (unpaired) electrons. The zero-order chi connectivity index (χ0) is 27.2. The van der Waals surface area contributed by atoms with Gasteiger partial charge in [-0.3, -0.25) is 14.6 Å². The molecular weight excluding hydrogens is 472 g/mol. The topological polar surface area (TPSA) is 106 Å². The van der Waals surface area contributed by atoms with Gasteiger partial charge in [-0.05, 0) is 46.6 Å². The van der Waals surface area contributed by atoms with E-state index in [0.29, 0.717) is 17.0 Å². The largest absolute Gasteiger partial charge is 0.481 e. The number of aromatic nitrogens is 1. The first-order valence-electron chi connectivity index (χ1n) is 13.6. The molecule has 8 heteroatoms. The molecule has 1 aliphatic rings. The highest BCUT2D eigenvalue weighted by Gasteiger charge is 2.43. The van der Waals surface area contributed by atoms with E-state index in [1.807, 2.05) is 31.5 Å². The van der Waals surface area contributed by atoms with Crippen LogP contribution in [-0.4, -0.2) is 41.9 Å². The minimum Gasteiger partial charge on any atom is -0.481 e. The van der Waals surface area contributed by atoms with Crippen LogP contribution in [0.5, 0.6) is 0 Å². The van der Waals surface area contributed by atoms with Crippen LogP contribution in [-0.2, 0) is 30.4 Å². The van der Waals surface area contributed by atoms with Crippen molar-refractivity contribution >= 4 is 23.6 Å². The molecule has 0 fully saturated rings. The van der Waals surface area contributed by atoms with E-state index in [4.69, 9.17) is 14.6 Å². The van der Waals surface area contributed by atoms with Crippen LogP contribution >= 0.6 is 0 Å². The standard InChI is InChI=1S/C29H42N2O6/c1-5-36-28(34)25-21(3)30-22(4)26(29(35)37-6-2)27(25)23-16-15-19-31(20-23)18-14-12-10-8-7-9-11-13-17-24(32)33/h15-16,19-20,25,27H,5-14,17-18H2,1-4H3/p+1. The van der Waals surface area contributed by atoms with Gasteiger partial charge in [0.1, 0.15) is 12.5 Å². The molecule has 0 amide bonds. The smallest absolute Gasteiger partial charge is 0.336 e. The Kier molecular flexibility index (Phi) is 13.0. The van der Waals surface area contributed by atoms with Gasteiger partial charge in [-0.2, -0.15) is 0 Å². The van der Waals surface area contributed by atoms with Crippen molar-refractivity contribution in [3.05, 3.63) is 41.4 Å². The summed E-state index contributed by atoms with van der Waals surface area (Å²) >= 11 is 0. The van der Waals surface area contributed by atoms with Gasteiger partial charge in [0.25, 0.3) is 0 Å². The second kappa shape index (κ2) is 15.9. The number of esters is 2. The van der Waals surface area contributed by atoms with Crippen molar-refractivity contribution in [2.45, 2.75) is 97.9 Å². The number of carbonyl (C=O) groups is 3. The van der Waals surface area contributed by atoms with Gasteiger partial charge < -0.3 is 14.6 Å². The Morgan fingerprint density at radius 2 is 1.57 bits per heavy atom. The monoisotopic (exact) mass is 515 g/mol. The van der Waals surface area contributed by atoms with Crippen LogP contribution in [0, 0.1) is 5.92 Å². The third-order valence-corrected chi connectivity index (χ3v) is 6.66. The highest BCUT2D eigenvalue weighted by molar-refractivity contribution is 6.06. The predicted octanol–water partition coefficient (Wildman–Crippen LogP) is 5.14. The maximum atomic E-state index is 13.0. The van der Waals surface area contributed by atoms with Crippen LogP contribution in [0.25, 0.3) is 0 Å². The molecule has 0 spiro atoms. The minimum atomic E-state index is -0.715. The fraction of sp³-hybridized carbons (Fsp3) is 0.621. The zero-order valence-corrected chi connectivity index (χ0v) is 22.8. The van der Waals surface area contributed by atoms with Gasteiger partial charge in [0, 0.05) is 41.8 Å². The number of nitrogens with zero attached hydrogens (tertiary/aromatic N) is 2. The fourth-order valence-electron chi connectivity index (χ4n) is 4.91. The Morgan fingerprint density at radius 3 is 2.19 bits per heavy atom. The van der Waals surface area contributed by atoms with Crippen molar-refractivity contribution in [1.82, 2.24) is 0 Å². The molecule has 1 N–H and O–H groups in total. The number of pyridine rings is 1. The number of ether oxygens (including phenoxy) is 2. The number of aliphatic imine (C=N–C) groups is 1. The molecule has 2 unspecified atom stereocenters. The highest BCUT2D eigenvalue weighted by Crippen LogP contribution is 2.39. The van der Waals surface area contributed by atoms with E-state index < -0.39 is 23.8 Å². The van der Waals surface area contributed by atoms with Gasteiger partial charge in [-0.15, -0.1) is 0 Å². The third kappa shape index (κ3) is 9.41. The summed E-state index contributed by atoms with van der Waals surface area (Å²) in [6.07, 6.45) is 12.7. The first kappa shape index (κ1) is 30.2. The molecule has 0 saturated heterocycles. The quantitative estimate of drug-likeness (QED) is 0.186. The average Bonchev–Trinajstić information content (AvgIpc) is 2.84. The summed E-state index contributed by atoms with van der Waals surface area (Å²) in [4.78, 5) is 41.0. The van der Waals surface area contributed by atoms with Gasteiger partial charge in [0.2, 0.25) is 0 Å². The van der Waals surface area contributed by atoms with E-state index in [0.717, 1.165) is 63.5 Å². The highest BCUT2D eigenvalue weighted by atomic mass is 16.5. The van der Waals surface area contributed by atoms with Gasteiger partial charge in [0.05, 0.1) is 18.8 Å². The SMILES string of the molecule is CCOC(=O)C1=C(C)N=C(C)C(C(=O)OCC)C1c1ccc[n+](CCCCCCCCCCC(=O)O)c1. The summed E-state index contributed by atoms with van der Waals surface area (Å²) in [6, 6.07) is 3.90. The van der Waals surface area contributed by atoms with Crippen molar-refractivity contribution < 1.29 is 33.5 Å². The number of allylic oxidation sites excluding steroid dienone is 1. The lowest BCUT2D eigenvalue weighted by Gasteiger charge is -2.30. The Balaban J connectivity index is 2.05. The van der Waals surface area contributed by atoms with Crippen LogP contribution in [0.1, 0.15) is 97.0 Å². The molecule has 2 atom stereocenters. The van der Waals surface area contributed by atoms with Crippen molar-refractivity contribution in [2.75, 3.05) is 13.2 Å². The van der Waals surface area contributed by atoms with E-state index in [1.54, 1.807) is 20.8 Å². The third-order valence-electron chi connectivity index (χ3n) is 6.66. The number of hydrogen-bond acceptors (Lipinski definition) is 6. The molecule has 2 heterocycles. The van der Waals surface area contributed by atoms with Crippen LogP contribution in [0.15, 0.2) is 40.8 Å². The average molecular weight is 516 g/mol. The molecule has 0 saturated carbocycles. The summed E-state index contributed by atoms with van der Waals surface area (Å²) in [7, 11) is 0. The number of carbonyl (C=O) groups excluding carboxylic acids is 2. The number of aryl methyl sites for hydroxylation is 1. The lowest BCUT2D eigenvalue weighted by Crippen LogP contribution is -2.39. The van der Waals surface area contributed by atoms with Crippen molar-refractivity contribution in [2.24, 2.45) is 10.9 Å². The Bertz CT molecular complexity index is 984. The number of aliphatic carboxylic acids is 1. The lowest BCUT2D eigenvalue weighted by atomic mass is 9.76. The summed E-state index contributed by atoms with van der Waals surface area (Å²) in [6.45, 7) is 8.46. The molecule has 0 bridgehead atoms. The number of hydrogen-bond donors (Lipinski definition) is 1. The van der Waals surface area contributed by atoms with Gasteiger partial charge in [-0.1, -0.05) is 32.1 Å². The van der Waals surface area contributed by atoms with Crippen LogP contribution in [0.2, 0.25) is 0 Å². The predicted molar refractivity (Wildman–Crippen MR) is 141 cm³/mol. The fourth-order valence-corrected chi connectivity index (χ4v) is 4.91. The molecule has 1 aromatic heterocycles. The van der Waals surface area contributed by atoms with Crippen LogP contribution in [0.3, 0.4) is 0 Å². The summed E-state index contributed by atoms with van der Waals surface area (Å²) in [5, 5.41) is 8.69. The van der Waals surface area contributed by atoms with Gasteiger partial charge in [-0.25, -0.2) is 9.36 Å². The summed E-state index contributed by atoms with van der Waals surface area (Å²) in [5.41, 5.74) is 2.47. The van der Waals surface area contributed by atoms with E-state index in [2.05, 4.69) is 9.56 Å². The molecule has 0 aromatic carbocycles. The number of rotatable bonds is 16. The van der Waals surface area contributed by atoms with Crippen LogP contribution < -0.4 is 4.57 Å². The zero-order valence-electron chi connectivity index (χ0n) is 22.8. The second-order valence-electron chi connectivity index (χ2n) is 9.53. The van der Waals surface area contributed by atoms with E-state index in [-0.39, 0.29) is 25.6 Å². The molecule has 8 nitrogen and oxygen atoms in total. The molecule has 2 rings (SSSR count). The van der Waals surface area contributed by atoms with E-state index in [9.17, 15) is 14.4 Å². The first-order chi connectivity index (χ1) is 17.8. The maximum absolute atomic E-state index is 13.0. The van der Waals surface area contributed by atoms with Crippen molar-refractivity contribution in [3.63, 3.8) is 0 Å². The Hall–Kier alpha value is -3.03. The van der Waals surface area contributed by atoms with Crippen molar-refractivity contribution in [3.8, 4) is 0 Å². The normalized spacial score (nSPS) is 17.4. The number of carboxylic acids is 1. The maximum Gasteiger partial charge on any atom is 0.336 e. The first-order valence-corrected chi connectivity index (χ1v) is 13.6. The molecule has 1 aliphatic heterocycles. The second-order valence-corrected chi connectivity index (χ2v) is 9.53. The molecule has 1 aromatic rings. The van der Waals surface area contributed by atoms with Crippen molar-refractivity contribution in [1.29, 1.82) is 0 Å². The Labute approximate surface area is 220 Å². The van der Waals surface area contributed by atoms with E-state index >= 15 is 0 Å². The number of unbranched alkanes of at least 4 members (excludes halogenated alkanes) is 7. The van der Waals surface area contributed by atoms with Gasteiger partial charge >= 0.3 is 17.9 Å². The van der Waals surface area contributed by atoms with Crippen LogP contribution in [0.4, 0.5) is 0 Å². The summed E-state index contributed by atoms with van der Waals surface area (Å²) in [5.74, 6) is -2.76. The number of carboxylic acid groups (broad SMARTS) is 1. The molecule has 37 heavy (non-hydrogen) atoms. The molecule has 0 aliphatic carbocycles. The lowest BCUT2D eigenvalue weighted by molar-refractivity contribution is -0.697. The summed E-state index contributed by atoms with van der Waals surface area (Å²) < 4.78 is 12.8. The van der Waals surface area contributed by atoms with Gasteiger partial charge in [0.15, 0.2) is 12.4 Å². The minimum absolute atomic E-state index is 0.242.